The van der Waals surface area contributed by atoms with Crippen molar-refractivity contribution >= 4 is 10.8 Å². The second-order valence-electron chi connectivity index (χ2n) is 5.17. The van der Waals surface area contributed by atoms with Crippen LogP contribution in [0.1, 0.15) is 25.0 Å². The summed E-state index contributed by atoms with van der Waals surface area (Å²) in [5.74, 6) is 0. The van der Waals surface area contributed by atoms with E-state index in [0.717, 1.165) is 0 Å². The van der Waals surface area contributed by atoms with E-state index in [1.807, 2.05) is 0 Å². The lowest BCUT2D eigenvalue weighted by atomic mass is 9.90. The molecule has 1 radical (unpaired) electrons. The largest absolute Gasteiger partial charge is 0.0616 e. The number of hydrogen-bond donors (Lipinski definition) is 0. The van der Waals surface area contributed by atoms with Gasteiger partial charge in [0.05, 0.1) is 0 Å². The lowest BCUT2D eigenvalue weighted by Crippen LogP contribution is -2.07. The zero-order valence-electron chi connectivity index (χ0n) is 9.25. The van der Waals surface area contributed by atoms with E-state index < -0.39 is 0 Å². The van der Waals surface area contributed by atoms with Crippen molar-refractivity contribution in [3.8, 4) is 0 Å². The van der Waals surface area contributed by atoms with E-state index in [-0.39, 0.29) is 0 Å². The third-order valence-corrected chi connectivity index (χ3v) is 3.24. The number of hydrogen-bond acceptors (Lipinski definition) is 0. The van der Waals surface area contributed by atoms with Crippen LogP contribution in [0.2, 0.25) is 0 Å². The first-order chi connectivity index (χ1) is 7.16. The van der Waals surface area contributed by atoms with Crippen molar-refractivity contribution < 1.29 is 0 Å². The van der Waals surface area contributed by atoms with Gasteiger partial charge in [-0.05, 0) is 40.2 Å². The molecule has 0 aromatic heterocycles. The molecule has 2 aromatic carbocycles. The van der Waals surface area contributed by atoms with Crippen molar-refractivity contribution in [2.45, 2.75) is 20.3 Å². The Bertz CT molecular complexity index is 521. The molecule has 1 aliphatic rings. The molecule has 0 nitrogen and oxygen atoms in total. The van der Waals surface area contributed by atoms with Gasteiger partial charge in [-0.25, -0.2) is 0 Å². The molecule has 15 heavy (non-hydrogen) atoms. The maximum Gasteiger partial charge on any atom is -0.00241 e. The van der Waals surface area contributed by atoms with Crippen LogP contribution >= 0.6 is 0 Å². The van der Waals surface area contributed by atoms with Gasteiger partial charge in [0.1, 0.15) is 0 Å². The molecular weight excluding hydrogens is 180 g/mol. The molecule has 0 saturated carbocycles. The zero-order valence-corrected chi connectivity index (χ0v) is 9.25. The molecule has 0 spiro atoms. The predicted octanol–water partition coefficient (Wildman–Crippen LogP) is 3.97. The Morgan fingerprint density at radius 1 is 1.00 bits per heavy atom. The number of fused-ring (bicyclic) bond motifs is 3. The summed E-state index contributed by atoms with van der Waals surface area (Å²) in [5.41, 5.74) is 3.28. The van der Waals surface area contributed by atoms with E-state index in [2.05, 4.69) is 56.7 Å². The number of rotatable bonds is 0. The van der Waals surface area contributed by atoms with Gasteiger partial charge in [-0.1, -0.05) is 50.2 Å². The van der Waals surface area contributed by atoms with Crippen molar-refractivity contribution in [3.63, 3.8) is 0 Å². The average Bonchev–Trinajstić information content (AvgIpc) is 2.52. The molecule has 75 valence electrons. The molecule has 0 saturated heterocycles. The Morgan fingerprint density at radius 3 is 2.67 bits per heavy atom. The Kier molecular flexibility index (Phi) is 1.70. The monoisotopic (exact) mass is 195 g/mol. The maximum atomic E-state index is 2.42. The molecule has 3 rings (SSSR count). The maximum absolute atomic E-state index is 2.42. The fourth-order valence-electron chi connectivity index (χ4n) is 2.60. The van der Waals surface area contributed by atoms with E-state index in [4.69, 9.17) is 0 Å². The minimum Gasteiger partial charge on any atom is -0.0616 e. The van der Waals surface area contributed by atoms with Crippen molar-refractivity contribution in [1.82, 2.24) is 0 Å². The van der Waals surface area contributed by atoms with E-state index in [9.17, 15) is 0 Å². The minimum absolute atomic E-state index is 0.326. The SMILES string of the molecule is CC1(C)[CH]c2c(ccc3ccccc23)C1. The highest BCUT2D eigenvalue weighted by Crippen LogP contribution is 2.41. The summed E-state index contributed by atoms with van der Waals surface area (Å²) in [5, 5.41) is 2.76. The molecule has 0 fully saturated rings. The summed E-state index contributed by atoms with van der Waals surface area (Å²) in [7, 11) is 0. The molecule has 0 heteroatoms. The third kappa shape index (κ3) is 1.36. The first-order valence-corrected chi connectivity index (χ1v) is 5.52. The molecule has 0 bridgehead atoms. The van der Waals surface area contributed by atoms with Gasteiger partial charge in [0.2, 0.25) is 0 Å². The van der Waals surface area contributed by atoms with Gasteiger partial charge in [0.25, 0.3) is 0 Å². The lowest BCUT2D eigenvalue weighted by Gasteiger charge is -2.14. The van der Waals surface area contributed by atoms with E-state index in [1.54, 1.807) is 0 Å². The second-order valence-corrected chi connectivity index (χ2v) is 5.17. The van der Waals surface area contributed by atoms with Crippen LogP contribution in [0.15, 0.2) is 36.4 Å². The smallest absolute Gasteiger partial charge is 0.00241 e. The Morgan fingerprint density at radius 2 is 1.80 bits per heavy atom. The Hall–Kier alpha value is -1.30. The predicted molar refractivity (Wildman–Crippen MR) is 64.8 cm³/mol. The summed E-state index contributed by atoms with van der Waals surface area (Å²) < 4.78 is 0. The van der Waals surface area contributed by atoms with Gasteiger partial charge >= 0.3 is 0 Å². The summed E-state index contributed by atoms with van der Waals surface area (Å²) in [6.07, 6.45) is 3.60. The summed E-state index contributed by atoms with van der Waals surface area (Å²) in [6, 6.07) is 13.2. The van der Waals surface area contributed by atoms with Crippen LogP contribution in [0.4, 0.5) is 0 Å². The summed E-state index contributed by atoms with van der Waals surface area (Å²) in [6.45, 7) is 4.61. The van der Waals surface area contributed by atoms with Crippen LogP contribution in [-0.2, 0) is 6.42 Å². The van der Waals surface area contributed by atoms with Gasteiger partial charge in [-0.2, -0.15) is 0 Å². The summed E-state index contributed by atoms with van der Waals surface area (Å²) >= 11 is 0. The molecule has 2 aromatic rings. The standard InChI is InChI=1S/C15H15/c1-15(2)9-12-8-7-11-5-3-4-6-13(11)14(12)10-15/h3-8,10H,9H2,1-2H3. The minimum atomic E-state index is 0.326. The van der Waals surface area contributed by atoms with Gasteiger partial charge in [-0.3, -0.25) is 0 Å². The Balaban J connectivity index is 2.29. The lowest BCUT2D eigenvalue weighted by molar-refractivity contribution is 0.472. The van der Waals surface area contributed by atoms with Crippen LogP contribution in [0.5, 0.6) is 0 Å². The quantitative estimate of drug-likeness (QED) is 0.596. The molecule has 0 N–H and O–H groups in total. The fourth-order valence-corrected chi connectivity index (χ4v) is 2.60. The highest BCUT2D eigenvalue weighted by Gasteiger charge is 2.29. The van der Waals surface area contributed by atoms with Crippen molar-refractivity contribution in [2.24, 2.45) is 5.41 Å². The molecule has 0 amide bonds. The van der Waals surface area contributed by atoms with Gasteiger partial charge in [0, 0.05) is 0 Å². The molecule has 0 unspecified atom stereocenters. The third-order valence-electron chi connectivity index (χ3n) is 3.24. The first-order valence-electron chi connectivity index (χ1n) is 5.52. The molecule has 0 aliphatic heterocycles. The second kappa shape index (κ2) is 2.85. The molecule has 1 aliphatic carbocycles. The van der Waals surface area contributed by atoms with Gasteiger partial charge < -0.3 is 0 Å². The fraction of sp³-hybridized carbons (Fsp3) is 0.267. The normalized spacial score (nSPS) is 18.0. The van der Waals surface area contributed by atoms with Crippen molar-refractivity contribution in [1.29, 1.82) is 0 Å². The average molecular weight is 195 g/mol. The van der Waals surface area contributed by atoms with Crippen LogP contribution < -0.4 is 0 Å². The van der Waals surface area contributed by atoms with Crippen LogP contribution in [-0.4, -0.2) is 0 Å². The van der Waals surface area contributed by atoms with Crippen molar-refractivity contribution in [2.75, 3.05) is 0 Å². The Labute approximate surface area is 90.9 Å². The molecule has 0 atom stereocenters. The van der Waals surface area contributed by atoms with E-state index >= 15 is 0 Å². The number of benzene rings is 2. The van der Waals surface area contributed by atoms with Crippen molar-refractivity contribution in [3.05, 3.63) is 53.9 Å². The van der Waals surface area contributed by atoms with E-state index in [0.29, 0.717) is 5.41 Å². The van der Waals surface area contributed by atoms with Gasteiger partial charge in [-0.15, -0.1) is 0 Å². The summed E-state index contributed by atoms with van der Waals surface area (Å²) in [4.78, 5) is 0. The highest BCUT2D eigenvalue weighted by molar-refractivity contribution is 5.88. The highest BCUT2D eigenvalue weighted by atomic mass is 14.3. The molecule has 0 heterocycles. The molecular formula is C15H15. The first kappa shape index (κ1) is 8.96. The zero-order chi connectivity index (χ0) is 10.5. The van der Waals surface area contributed by atoms with E-state index in [1.165, 1.54) is 28.3 Å². The van der Waals surface area contributed by atoms with Crippen LogP contribution in [0.3, 0.4) is 0 Å². The van der Waals surface area contributed by atoms with Gasteiger partial charge in [0.15, 0.2) is 0 Å². The van der Waals surface area contributed by atoms with Crippen LogP contribution in [0.25, 0.3) is 10.8 Å². The topological polar surface area (TPSA) is 0 Å². The van der Waals surface area contributed by atoms with Crippen LogP contribution in [0, 0.1) is 11.8 Å².